The molecule has 0 bridgehead atoms. The average molecular weight is 433 g/mol. The molecule has 4 heteroatoms. The highest BCUT2D eigenvalue weighted by molar-refractivity contribution is 5.80. The monoisotopic (exact) mass is 432 g/mol. The van der Waals surface area contributed by atoms with E-state index in [1.807, 2.05) is 23.1 Å². The molecular weight excluding hydrogens is 396 g/mol. The van der Waals surface area contributed by atoms with Gasteiger partial charge in [0.15, 0.2) is 0 Å². The minimum atomic E-state index is 0.109. The first-order valence-electron chi connectivity index (χ1n) is 12.2. The molecule has 2 aromatic rings. The summed E-state index contributed by atoms with van der Waals surface area (Å²) in [5, 5.41) is 0. The van der Waals surface area contributed by atoms with Gasteiger partial charge in [-0.05, 0) is 67.7 Å². The van der Waals surface area contributed by atoms with Crippen molar-refractivity contribution >= 4 is 11.8 Å². The van der Waals surface area contributed by atoms with Crippen molar-refractivity contribution in [3.05, 3.63) is 70.8 Å². The van der Waals surface area contributed by atoms with E-state index in [1.54, 1.807) is 0 Å². The topological polar surface area (TPSA) is 40.6 Å². The molecule has 32 heavy (non-hydrogen) atoms. The molecule has 2 fully saturated rings. The minimum Gasteiger partial charge on any atom is -0.342 e. The third kappa shape index (κ3) is 5.40. The normalized spacial score (nSPS) is 20.3. The summed E-state index contributed by atoms with van der Waals surface area (Å²) in [7, 11) is 0. The lowest BCUT2D eigenvalue weighted by molar-refractivity contribution is -0.138. The van der Waals surface area contributed by atoms with Crippen LogP contribution in [0.2, 0.25) is 0 Å². The molecule has 0 spiro atoms. The van der Waals surface area contributed by atoms with Gasteiger partial charge in [-0.15, -0.1) is 0 Å². The molecule has 0 N–H and O–H groups in total. The zero-order chi connectivity index (χ0) is 22.5. The van der Waals surface area contributed by atoms with E-state index in [1.165, 1.54) is 16.7 Å². The Labute approximate surface area is 192 Å². The Bertz CT molecular complexity index is 932. The van der Waals surface area contributed by atoms with Gasteiger partial charge in [-0.2, -0.15) is 0 Å². The Hall–Kier alpha value is -2.62. The van der Waals surface area contributed by atoms with Gasteiger partial charge in [0.25, 0.3) is 0 Å². The molecule has 0 saturated carbocycles. The number of rotatable bonds is 5. The number of carbonyl (C=O) groups excluding carboxylic acids is 2. The van der Waals surface area contributed by atoms with E-state index in [-0.39, 0.29) is 11.8 Å². The molecule has 2 heterocycles. The number of hydrogen-bond acceptors (Lipinski definition) is 2. The van der Waals surface area contributed by atoms with Gasteiger partial charge in [0.05, 0.1) is 6.42 Å². The number of nitrogens with zero attached hydrogens (tertiary/aromatic N) is 2. The fraction of sp³-hybridized carbons (Fsp3) is 0.500. The van der Waals surface area contributed by atoms with Gasteiger partial charge in [0, 0.05) is 32.1 Å². The Morgan fingerprint density at radius 1 is 0.875 bits per heavy atom. The van der Waals surface area contributed by atoms with Crippen molar-refractivity contribution in [3.8, 4) is 0 Å². The number of likely N-dealkylation sites (tertiary alicyclic amines) is 2. The molecule has 0 aromatic heterocycles. The molecule has 0 unspecified atom stereocenters. The van der Waals surface area contributed by atoms with E-state index < -0.39 is 0 Å². The lowest BCUT2D eigenvalue weighted by atomic mass is 9.81. The molecule has 2 aromatic carbocycles. The third-order valence-corrected chi connectivity index (χ3v) is 7.43. The first kappa shape index (κ1) is 22.6. The Morgan fingerprint density at radius 3 is 2.34 bits per heavy atom. The number of benzene rings is 2. The van der Waals surface area contributed by atoms with Crippen LogP contribution in [0.1, 0.15) is 54.4 Å². The first-order valence-corrected chi connectivity index (χ1v) is 12.2. The highest BCUT2D eigenvalue weighted by Gasteiger charge is 2.35. The summed E-state index contributed by atoms with van der Waals surface area (Å²) in [5.41, 5.74) is 4.79. The van der Waals surface area contributed by atoms with Crippen LogP contribution in [0.4, 0.5) is 0 Å². The number of piperidine rings is 1. The van der Waals surface area contributed by atoms with Gasteiger partial charge >= 0.3 is 0 Å². The Balaban J connectivity index is 1.33. The fourth-order valence-electron chi connectivity index (χ4n) is 5.28. The standard InChI is InChI=1S/C28H36N2O2/c1-21-11-12-24(18-22(21)2)19-27(31)29-16-13-25(14-17-29)26-10-6-7-15-30(28(26)32)20-23-8-4-3-5-9-23/h3-5,8-9,11-12,18,25-26H,6-7,10,13-17,19-20H2,1-2H3/t26-/m1/s1. The van der Waals surface area contributed by atoms with E-state index in [2.05, 4.69) is 49.1 Å². The second-order valence-corrected chi connectivity index (χ2v) is 9.66. The smallest absolute Gasteiger partial charge is 0.226 e. The van der Waals surface area contributed by atoms with Crippen LogP contribution in [0.3, 0.4) is 0 Å². The van der Waals surface area contributed by atoms with Crippen LogP contribution in [0.5, 0.6) is 0 Å². The molecule has 4 nitrogen and oxygen atoms in total. The van der Waals surface area contributed by atoms with Crippen LogP contribution >= 0.6 is 0 Å². The number of hydrogen-bond donors (Lipinski definition) is 0. The Morgan fingerprint density at radius 2 is 1.62 bits per heavy atom. The van der Waals surface area contributed by atoms with Gasteiger partial charge in [-0.25, -0.2) is 0 Å². The molecule has 2 aliphatic rings. The Kier molecular flexibility index (Phi) is 7.29. The van der Waals surface area contributed by atoms with Crippen molar-refractivity contribution in [1.29, 1.82) is 0 Å². The molecule has 0 radical (unpaired) electrons. The van der Waals surface area contributed by atoms with Gasteiger partial charge in [-0.3, -0.25) is 9.59 Å². The minimum absolute atomic E-state index is 0.109. The lowest BCUT2D eigenvalue weighted by Gasteiger charge is -2.36. The summed E-state index contributed by atoms with van der Waals surface area (Å²) in [5.74, 6) is 1.04. The van der Waals surface area contributed by atoms with Crippen molar-refractivity contribution in [1.82, 2.24) is 9.80 Å². The summed E-state index contributed by atoms with van der Waals surface area (Å²) in [6.45, 7) is 7.32. The van der Waals surface area contributed by atoms with Crippen LogP contribution in [-0.2, 0) is 22.6 Å². The lowest BCUT2D eigenvalue weighted by Crippen LogP contribution is -2.44. The number of carbonyl (C=O) groups is 2. The van der Waals surface area contributed by atoms with Crippen LogP contribution in [0, 0.1) is 25.7 Å². The largest absolute Gasteiger partial charge is 0.342 e. The van der Waals surface area contributed by atoms with Crippen LogP contribution < -0.4 is 0 Å². The maximum absolute atomic E-state index is 13.4. The highest BCUT2D eigenvalue weighted by atomic mass is 16.2. The number of aryl methyl sites for hydroxylation is 2. The first-order chi connectivity index (χ1) is 15.5. The second kappa shape index (κ2) is 10.3. The molecule has 2 amide bonds. The quantitative estimate of drug-likeness (QED) is 0.673. The van der Waals surface area contributed by atoms with Crippen LogP contribution in [0.15, 0.2) is 48.5 Å². The van der Waals surface area contributed by atoms with E-state index in [0.29, 0.717) is 24.8 Å². The maximum Gasteiger partial charge on any atom is 0.226 e. The van der Waals surface area contributed by atoms with Crippen LogP contribution in [-0.4, -0.2) is 41.2 Å². The zero-order valence-electron chi connectivity index (χ0n) is 19.6. The molecule has 4 rings (SSSR count). The van der Waals surface area contributed by atoms with Gasteiger partial charge < -0.3 is 9.80 Å². The van der Waals surface area contributed by atoms with Crippen molar-refractivity contribution in [3.63, 3.8) is 0 Å². The SMILES string of the molecule is Cc1ccc(CC(=O)N2CCC([C@H]3CCCCN(Cc4ccccc4)C3=O)CC2)cc1C. The third-order valence-electron chi connectivity index (χ3n) is 7.43. The fourth-order valence-corrected chi connectivity index (χ4v) is 5.28. The van der Waals surface area contributed by atoms with E-state index in [4.69, 9.17) is 0 Å². The zero-order valence-corrected chi connectivity index (χ0v) is 19.6. The van der Waals surface area contributed by atoms with Crippen LogP contribution in [0.25, 0.3) is 0 Å². The highest BCUT2D eigenvalue weighted by Crippen LogP contribution is 2.33. The van der Waals surface area contributed by atoms with Gasteiger partial charge in [0.2, 0.25) is 11.8 Å². The van der Waals surface area contributed by atoms with Crippen molar-refractivity contribution in [2.45, 2.75) is 58.9 Å². The summed E-state index contributed by atoms with van der Waals surface area (Å²) < 4.78 is 0. The average Bonchev–Trinajstić information content (AvgIpc) is 2.98. The van der Waals surface area contributed by atoms with Gasteiger partial charge in [-0.1, -0.05) is 55.0 Å². The van der Waals surface area contributed by atoms with Crippen molar-refractivity contribution in [2.24, 2.45) is 11.8 Å². The number of amides is 2. The molecule has 170 valence electrons. The molecule has 2 aliphatic heterocycles. The summed E-state index contributed by atoms with van der Waals surface area (Å²) in [6.07, 6.45) is 5.54. The maximum atomic E-state index is 13.4. The summed E-state index contributed by atoms with van der Waals surface area (Å²) in [6, 6.07) is 16.6. The van der Waals surface area contributed by atoms with E-state index in [9.17, 15) is 9.59 Å². The molecular formula is C28H36N2O2. The molecule has 0 aliphatic carbocycles. The van der Waals surface area contributed by atoms with E-state index >= 15 is 0 Å². The van der Waals surface area contributed by atoms with Crippen molar-refractivity contribution < 1.29 is 9.59 Å². The molecule has 1 atom stereocenters. The predicted molar refractivity (Wildman–Crippen MR) is 128 cm³/mol. The summed E-state index contributed by atoms with van der Waals surface area (Å²) in [4.78, 5) is 30.4. The summed E-state index contributed by atoms with van der Waals surface area (Å²) >= 11 is 0. The molecule has 2 saturated heterocycles. The van der Waals surface area contributed by atoms with E-state index in [0.717, 1.165) is 57.3 Å². The van der Waals surface area contributed by atoms with Crippen molar-refractivity contribution in [2.75, 3.05) is 19.6 Å². The second-order valence-electron chi connectivity index (χ2n) is 9.66. The predicted octanol–water partition coefficient (Wildman–Crippen LogP) is 4.91. The van der Waals surface area contributed by atoms with Gasteiger partial charge in [0.1, 0.15) is 0 Å².